The molecule has 0 aliphatic carbocycles. The van der Waals surface area contributed by atoms with Gasteiger partial charge in [-0.25, -0.2) is 0 Å². The van der Waals surface area contributed by atoms with Crippen molar-refractivity contribution >= 4 is 23.4 Å². The summed E-state index contributed by atoms with van der Waals surface area (Å²) in [6.45, 7) is 0. The summed E-state index contributed by atoms with van der Waals surface area (Å²) >= 11 is 0. The fourth-order valence-corrected chi connectivity index (χ4v) is 2.37. The second-order valence-corrected chi connectivity index (χ2v) is 5.37. The van der Waals surface area contributed by atoms with Crippen LogP contribution >= 0.6 is 0 Å². The van der Waals surface area contributed by atoms with Crippen molar-refractivity contribution in [3.8, 4) is 0 Å². The Morgan fingerprint density at radius 2 is 2.21 bits per heavy atom. The predicted molar refractivity (Wildman–Crippen MR) is 79.0 cm³/mol. The Labute approximate surface area is 135 Å². The number of rotatable bonds is 6. The maximum absolute atomic E-state index is 13.3. The molecule has 10 heteroatoms. The van der Waals surface area contributed by atoms with Crippen LogP contribution in [0.2, 0.25) is 0 Å². The van der Waals surface area contributed by atoms with E-state index < -0.39 is 40.3 Å². The van der Waals surface area contributed by atoms with Crippen molar-refractivity contribution in [2.24, 2.45) is 5.73 Å². The highest BCUT2D eigenvalue weighted by atomic mass is 19.1. The third kappa shape index (κ3) is 4.03. The van der Waals surface area contributed by atoms with Crippen LogP contribution < -0.4 is 16.4 Å². The number of benzene rings is 1. The van der Waals surface area contributed by atoms with Crippen molar-refractivity contribution in [2.45, 2.75) is 31.3 Å². The van der Waals surface area contributed by atoms with Crippen LogP contribution in [0, 0.1) is 15.9 Å². The van der Waals surface area contributed by atoms with Crippen molar-refractivity contribution in [1.29, 1.82) is 0 Å². The van der Waals surface area contributed by atoms with Gasteiger partial charge in [0.05, 0.1) is 4.92 Å². The lowest BCUT2D eigenvalue weighted by Crippen LogP contribution is -2.51. The highest BCUT2D eigenvalue weighted by Crippen LogP contribution is 2.19. The SMILES string of the molecule is NC(=O)[C@H](Cc1ccc(F)c([N+](=O)[O-])c1)NC(=O)[C@@H]1CCC(=O)N1. The van der Waals surface area contributed by atoms with Crippen molar-refractivity contribution in [1.82, 2.24) is 10.6 Å². The van der Waals surface area contributed by atoms with Crippen molar-refractivity contribution in [3.63, 3.8) is 0 Å². The number of nitrogens with one attached hydrogen (secondary N) is 2. The number of carbonyl (C=O) groups excluding carboxylic acids is 3. The molecule has 1 aromatic carbocycles. The van der Waals surface area contributed by atoms with Gasteiger partial charge in [-0.2, -0.15) is 4.39 Å². The summed E-state index contributed by atoms with van der Waals surface area (Å²) in [5.74, 6) is -2.68. The molecule has 1 aliphatic heterocycles. The lowest BCUT2D eigenvalue weighted by Gasteiger charge is -2.18. The van der Waals surface area contributed by atoms with Crippen LogP contribution in [-0.2, 0) is 20.8 Å². The molecule has 24 heavy (non-hydrogen) atoms. The molecule has 1 aliphatic rings. The van der Waals surface area contributed by atoms with Gasteiger partial charge in [-0.15, -0.1) is 0 Å². The molecule has 1 aromatic rings. The summed E-state index contributed by atoms with van der Waals surface area (Å²) in [7, 11) is 0. The number of halogens is 1. The van der Waals surface area contributed by atoms with E-state index in [1.54, 1.807) is 0 Å². The zero-order valence-corrected chi connectivity index (χ0v) is 12.5. The second kappa shape index (κ2) is 7.02. The first-order valence-electron chi connectivity index (χ1n) is 7.10. The van der Waals surface area contributed by atoms with Gasteiger partial charge in [0.1, 0.15) is 12.1 Å². The summed E-state index contributed by atoms with van der Waals surface area (Å²) in [4.78, 5) is 44.5. The Hall–Kier alpha value is -3.04. The molecular formula is C14H15FN4O5. The lowest BCUT2D eigenvalue weighted by molar-refractivity contribution is -0.387. The van der Waals surface area contributed by atoms with E-state index in [0.717, 1.165) is 12.1 Å². The predicted octanol–water partition coefficient (Wildman–Crippen LogP) is -0.475. The average Bonchev–Trinajstić information content (AvgIpc) is 2.94. The highest BCUT2D eigenvalue weighted by Gasteiger charge is 2.30. The van der Waals surface area contributed by atoms with Crippen LogP contribution in [0.5, 0.6) is 0 Å². The number of carbonyl (C=O) groups is 3. The Bertz CT molecular complexity index is 708. The Morgan fingerprint density at radius 1 is 1.50 bits per heavy atom. The Kier molecular flexibility index (Phi) is 5.07. The summed E-state index contributed by atoms with van der Waals surface area (Å²) in [5, 5.41) is 15.6. The van der Waals surface area contributed by atoms with E-state index >= 15 is 0 Å². The molecule has 0 unspecified atom stereocenters. The smallest absolute Gasteiger partial charge is 0.305 e. The molecule has 3 amide bonds. The zero-order chi connectivity index (χ0) is 17.9. The molecule has 0 saturated carbocycles. The maximum atomic E-state index is 13.3. The van der Waals surface area contributed by atoms with Gasteiger partial charge in [0, 0.05) is 18.9 Å². The van der Waals surface area contributed by atoms with Crippen molar-refractivity contribution in [2.75, 3.05) is 0 Å². The number of hydrogen-bond acceptors (Lipinski definition) is 5. The highest BCUT2D eigenvalue weighted by molar-refractivity contribution is 5.93. The first-order chi connectivity index (χ1) is 11.3. The molecule has 1 fully saturated rings. The van der Waals surface area contributed by atoms with E-state index in [1.165, 1.54) is 6.07 Å². The van der Waals surface area contributed by atoms with Gasteiger partial charge in [-0.1, -0.05) is 6.07 Å². The van der Waals surface area contributed by atoms with E-state index in [4.69, 9.17) is 5.73 Å². The van der Waals surface area contributed by atoms with Crippen molar-refractivity contribution in [3.05, 3.63) is 39.7 Å². The first kappa shape index (κ1) is 17.3. The Balaban J connectivity index is 2.10. The molecule has 2 rings (SSSR count). The number of nitrogens with two attached hydrogens (primary N) is 1. The lowest BCUT2D eigenvalue weighted by atomic mass is 10.0. The molecule has 0 bridgehead atoms. The fraction of sp³-hybridized carbons (Fsp3) is 0.357. The van der Waals surface area contributed by atoms with E-state index in [9.17, 15) is 28.9 Å². The largest absolute Gasteiger partial charge is 0.368 e. The molecule has 2 atom stereocenters. The average molecular weight is 338 g/mol. The third-order valence-corrected chi connectivity index (χ3v) is 3.62. The summed E-state index contributed by atoms with van der Waals surface area (Å²) in [5.41, 5.74) is 4.77. The normalized spacial score (nSPS) is 17.9. The number of hydrogen-bond donors (Lipinski definition) is 3. The molecule has 1 heterocycles. The molecule has 0 radical (unpaired) electrons. The zero-order valence-electron chi connectivity index (χ0n) is 12.5. The van der Waals surface area contributed by atoms with Crippen LogP contribution in [0.15, 0.2) is 18.2 Å². The molecular weight excluding hydrogens is 323 g/mol. The van der Waals surface area contributed by atoms with Gasteiger partial charge in [0.15, 0.2) is 0 Å². The minimum Gasteiger partial charge on any atom is -0.368 e. The van der Waals surface area contributed by atoms with Gasteiger partial charge in [-0.3, -0.25) is 24.5 Å². The van der Waals surface area contributed by atoms with Crippen LogP contribution in [0.4, 0.5) is 10.1 Å². The van der Waals surface area contributed by atoms with E-state index in [2.05, 4.69) is 10.6 Å². The van der Waals surface area contributed by atoms with Gasteiger partial charge in [0.2, 0.25) is 23.5 Å². The molecule has 9 nitrogen and oxygen atoms in total. The van der Waals surface area contributed by atoms with Crippen molar-refractivity contribution < 1.29 is 23.7 Å². The summed E-state index contributed by atoms with van der Waals surface area (Å²) in [6.07, 6.45) is 0.379. The molecule has 128 valence electrons. The number of nitro benzene ring substituents is 1. The first-order valence-corrected chi connectivity index (χ1v) is 7.10. The molecule has 4 N–H and O–H groups in total. The van der Waals surface area contributed by atoms with E-state index in [1.807, 2.05) is 0 Å². The fourth-order valence-electron chi connectivity index (χ4n) is 2.37. The summed E-state index contributed by atoms with van der Waals surface area (Å²) < 4.78 is 13.3. The Morgan fingerprint density at radius 3 is 2.75 bits per heavy atom. The van der Waals surface area contributed by atoms with Crippen LogP contribution in [0.1, 0.15) is 18.4 Å². The molecule has 0 aromatic heterocycles. The quantitative estimate of drug-likeness (QED) is 0.474. The maximum Gasteiger partial charge on any atom is 0.305 e. The second-order valence-electron chi connectivity index (χ2n) is 5.37. The number of primary amides is 1. The van der Waals surface area contributed by atoms with E-state index in [-0.39, 0.29) is 24.3 Å². The molecule has 0 spiro atoms. The molecule has 1 saturated heterocycles. The van der Waals surface area contributed by atoms with Crippen LogP contribution in [0.3, 0.4) is 0 Å². The minimum atomic E-state index is -1.14. The standard InChI is InChI=1S/C14H15FN4O5/c15-8-2-1-7(6-11(8)19(23)24)5-10(13(16)21)18-14(22)9-3-4-12(20)17-9/h1-2,6,9-10H,3-5H2,(H2,16,21)(H,17,20)(H,18,22)/t9-,10-/m0/s1. The van der Waals surface area contributed by atoms with E-state index in [0.29, 0.717) is 6.42 Å². The third-order valence-electron chi connectivity index (χ3n) is 3.62. The summed E-state index contributed by atoms with van der Waals surface area (Å²) in [6, 6.07) is 1.27. The number of nitro groups is 1. The topological polar surface area (TPSA) is 144 Å². The van der Waals surface area contributed by atoms with Crippen LogP contribution in [-0.4, -0.2) is 34.7 Å². The number of amides is 3. The van der Waals surface area contributed by atoms with Gasteiger partial charge in [-0.05, 0) is 18.1 Å². The van der Waals surface area contributed by atoms with Gasteiger partial charge >= 0.3 is 5.69 Å². The van der Waals surface area contributed by atoms with Crippen LogP contribution in [0.25, 0.3) is 0 Å². The number of nitrogens with zero attached hydrogens (tertiary/aromatic N) is 1. The monoisotopic (exact) mass is 338 g/mol. The minimum absolute atomic E-state index is 0.136. The van der Waals surface area contributed by atoms with Gasteiger partial charge < -0.3 is 16.4 Å². The van der Waals surface area contributed by atoms with Gasteiger partial charge in [0.25, 0.3) is 0 Å².